The fraction of sp³-hybridized carbons (Fsp3) is 0.200. The maximum absolute atomic E-state index is 12.8. The highest BCUT2D eigenvalue weighted by molar-refractivity contribution is 9.10. The van der Waals surface area contributed by atoms with E-state index in [0.717, 1.165) is 9.86 Å². The Hall–Kier alpha value is -2.02. The van der Waals surface area contributed by atoms with Crippen LogP contribution in [-0.4, -0.2) is 47.8 Å². The molecule has 0 spiro atoms. The number of halogens is 3. The molecule has 0 aliphatic carbocycles. The van der Waals surface area contributed by atoms with Crippen LogP contribution < -0.4 is 0 Å². The van der Waals surface area contributed by atoms with E-state index in [-0.39, 0.29) is 11.8 Å². The van der Waals surface area contributed by atoms with Crippen LogP contribution in [0.1, 0.15) is 20.9 Å². The minimum atomic E-state index is -0.180. The Morgan fingerprint density at radius 2 is 1.50 bits per heavy atom. The van der Waals surface area contributed by atoms with Crippen LogP contribution in [0.15, 0.2) is 51.4 Å². The highest BCUT2D eigenvalue weighted by atomic mass is 79.9. The third kappa shape index (κ3) is 3.77. The second kappa shape index (κ2) is 7.78. The zero-order chi connectivity index (χ0) is 19.8. The number of rotatable bonds is 2. The van der Waals surface area contributed by atoms with Gasteiger partial charge in [-0.05, 0) is 46.3 Å². The van der Waals surface area contributed by atoms with Crippen molar-refractivity contribution < 1.29 is 14.0 Å². The molecule has 2 aromatic carbocycles. The molecule has 1 fully saturated rings. The average Bonchev–Trinajstić information content (AvgIpc) is 3.12. The van der Waals surface area contributed by atoms with Crippen molar-refractivity contribution in [2.45, 2.75) is 0 Å². The molecule has 0 atom stereocenters. The van der Waals surface area contributed by atoms with Gasteiger partial charge in [-0.15, -0.1) is 0 Å². The van der Waals surface area contributed by atoms with Gasteiger partial charge in [-0.1, -0.05) is 35.3 Å². The summed E-state index contributed by atoms with van der Waals surface area (Å²) in [5.41, 5.74) is 1.09. The van der Waals surface area contributed by atoms with E-state index in [1.807, 2.05) is 18.2 Å². The molecule has 2 amide bonds. The molecule has 0 radical (unpaired) electrons. The van der Waals surface area contributed by atoms with Gasteiger partial charge in [0.1, 0.15) is 5.58 Å². The third-order valence-electron chi connectivity index (χ3n) is 4.67. The summed E-state index contributed by atoms with van der Waals surface area (Å²) < 4.78 is 6.54. The van der Waals surface area contributed by atoms with Gasteiger partial charge in [0.15, 0.2) is 5.76 Å². The van der Waals surface area contributed by atoms with Crippen molar-refractivity contribution in [3.8, 4) is 0 Å². The largest absolute Gasteiger partial charge is 0.450 e. The first-order valence-electron chi connectivity index (χ1n) is 8.65. The molecule has 8 heteroatoms. The van der Waals surface area contributed by atoms with Crippen LogP contribution in [0.5, 0.6) is 0 Å². The van der Waals surface area contributed by atoms with Crippen LogP contribution in [0.3, 0.4) is 0 Å². The third-order valence-corrected chi connectivity index (χ3v) is 5.73. The fourth-order valence-corrected chi connectivity index (χ4v) is 4.25. The molecule has 0 saturated carbocycles. The molecule has 1 saturated heterocycles. The number of carbonyl (C=O) groups is 2. The summed E-state index contributed by atoms with van der Waals surface area (Å²) in [6, 6.07) is 12.2. The van der Waals surface area contributed by atoms with Crippen molar-refractivity contribution in [3.63, 3.8) is 0 Å². The van der Waals surface area contributed by atoms with Crippen molar-refractivity contribution >= 4 is 61.9 Å². The van der Waals surface area contributed by atoms with Crippen LogP contribution in [0.4, 0.5) is 0 Å². The van der Waals surface area contributed by atoms with Gasteiger partial charge >= 0.3 is 0 Å². The van der Waals surface area contributed by atoms with Crippen LogP contribution in [0, 0.1) is 0 Å². The Bertz CT molecular complexity index is 1050. The second-order valence-corrected chi connectivity index (χ2v) is 8.24. The topological polar surface area (TPSA) is 53.8 Å². The van der Waals surface area contributed by atoms with Crippen molar-refractivity contribution in [3.05, 3.63) is 68.3 Å². The highest BCUT2D eigenvalue weighted by Gasteiger charge is 2.27. The monoisotopic (exact) mass is 480 g/mol. The number of carbonyl (C=O) groups excluding carboxylic acids is 2. The molecule has 0 bridgehead atoms. The number of benzene rings is 2. The molecule has 3 aromatic rings. The number of hydrogen-bond acceptors (Lipinski definition) is 3. The molecule has 1 aliphatic rings. The van der Waals surface area contributed by atoms with E-state index < -0.39 is 0 Å². The molecule has 0 unspecified atom stereocenters. The van der Waals surface area contributed by atoms with Crippen LogP contribution in [0.2, 0.25) is 10.0 Å². The molecule has 28 heavy (non-hydrogen) atoms. The summed E-state index contributed by atoms with van der Waals surface area (Å²) in [5.74, 6) is -0.0338. The zero-order valence-electron chi connectivity index (χ0n) is 14.6. The lowest BCUT2D eigenvalue weighted by Crippen LogP contribution is -2.50. The summed E-state index contributed by atoms with van der Waals surface area (Å²) in [4.78, 5) is 28.9. The van der Waals surface area contributed by atoms with Gasteiger partial charge in [0.25, 0.3) is 11.8 Å². The van der Waals surface area contributed by atoms with E-state index in [1.165, 1.54) is 0 Å². The summed E-state index contributed by atoms with van der Waals surface area (Å²) in [6.07, 6.45) is 0. The molecule has 4 rings (SSSR count). The number of amides is 2. The number of nitrogens with zero attached hydrogens (tertiary/aromatic N) is 2. The average molecular weight is 482 g/mol. The second-order valence-electron chi connectivity index (χ2n) is 6.51. The van der Waals surface area contributed by atoms with Crippen molar-refractivity contribution in [2.24, 2.45) is 0 Å². The number of furan rings is 1. The van der Waals surface area contributed by atoms with Gasteiger partial charge in [0, 0.05) is 47.2 Å². The molecule has 144 valence electrons. The predicted molar refractivity (Wildman–Crippen MR) is 112 cm³/mol. The molecule has 2 heterocycles. The van der Waals surface area contributed by atoms with Gasteiger partial charge in [-0.2, -0.15) is 0 Å². The lowest BCUT2D eigenvalue weighted by molar-refractivity contribution is 0.0519. The molecular formula is C20H15BrCl2N2O3. The van der Waals surface area contributed by atoms with Crippen LogP contribution in [0.25, 0.3) is 11.0 Å². The van der Waals surface area contributed by atoms with Gasteiger partial charge in [0.05, 0.1) is 4.47 Å². The first-order valence-corrected chi connectivity index (χ1v) is 10.2. The Balaban J connectivity index is 1.45. The zero-order valence-corrected chi connectivity index (χ0v) is 17.7. The normalized spacial score (nSPS) is 14.5. The van der Waals surface area contributed by atoms with E-state index in [1.54, 1.807) is 34.1 Å². The van der Waals surface area contributed by atoms with Crippen molar-refractivity contribution in [1.82, 2.24) is 9.80 Å². The summed E-state index contributed by atoms with van der Waals surface area (Å²) >= 11 is 15.4. The van der Waals surface area contributed by atoms with E-state index in [0.29, 0.717) is 53.1 Å². The number of hydrogen-bond donors (Lipinski definition) is 0. The maximum Gasteiger partial charge on any atom is 0.289 e. The van der Waals surface area contributed by atoms with Crippen molar-refractivity contribution in [1.29, 1.82) is 0 Å². The maximum atomic E-state index is 12.8. The van der Waals surface area contributed by atoms with Gasteiger partial charge in [-0.3, -0.25) is 9.59 Å². The number of piperazine rings is 1. The fourth-order valence-electron chi connectivity index (χ4n) is 3.26. The first kappa shape index (κ1) is 19.3. The van der Waals surface area contributed by atoms with E-state index in [9.17, 15) is 9.59 Å². The number of para-hydroxylation sites is 1. The van der Waals surface area contributed by atoms with Gasteiger partial charge in [-0.25, -0.2) is 0 Å². The van der Waals surface area contributed by atoms with E-state index in [2.05, 4.69) is 15.9 Å². The summed E-state index contributed by atoms with van der Waals surface area (Å²) in [5, 5.41) is 1.70. The van der Waals surface area contributed by atoms with Crippen LogP contribution in [-0.2, 0) is 0 Å². The molecular weight excluding hydrogens is 467 g/mol. The summed E-state index contributed by atoms with van der Waals surface area (Å²) in [7, 11) is 0. The molecule has 1 aromatic heterocycles. The predicted octanol–water partition coefficient (Wildman–Crippen LogP) is 5.10. The van der Waals surface area contributed by atoms with Gasteiger partial charge < -0.3 is 14.2 Å². The standard InChI is InChI=1S/C20H15BrCl2N2O3/c21-16-3-1-2-12-10-17(28-18(12)16)20(27)25-6-4-24(5-7-25)19(26)13-8-14(22)11-15(23)9-13/h1-3,8-11H,4-7H2. The first-order chi connectivity index (χ1) is 13.4. The lowest BCUT2D eigenvalue weighted by Gasteiger charge is -2.34. The van der Waals surface area contributed by atoms with Crippen molar-refractivity contribution in [2.75, 3.05) is 26.2 Å². The Morgan fingerprint density at radius 1 is 0.893 bits per heavy atom. The highest BCUT2D eigenvalue weighted by Crippen LogP contribution is 2.28. The minimum absolute atomic E-state index is 0.149. The molecule has 5 nitrogen and oxygen atoms in total. The molecule has 0 N–H and O–H groups in total. The van der Waals surface area contributed by atoms with Crippen LogP contribution >= 0.6 is 39.1 Å². The van der Waals surface area contributed by atoms with Gasteiger partial charge in [0.2, 0.25) is 0 Å². The minimum Gasteiger partial charge on any atom is -0.450 e. The Kier molecular flexibility index (Phi) is 5.36. The number of fused-ring (bicyclic) bond motifs is 1. The summed E-state index contributed by atoms with van der Waals surface area (Å²) in [6.45, 7) is 1.71. The lowest BCUT2D eigenvalue weighted by atomic mass is 10.1. The Morgan fingerprint density at radius 3 is 2.11 bits per heavy atom. The smallest absolute Gasteiger partial charge is 0.289 e. The quantitative estimate of drug-likeness (QED) is 0.511. The SMILES string of the molecule is O=C(c1cc(Cl)cc(Cl)c1)N1CCN(C(=O)c2cc3cccc(Br)c3o2)CC1. The Labute approximate surface area is 179 Å². The molecule has 1 aliphatic heterocycles. The van der Waals surface area contributed by atoms with E-state index >= 15 is 0 Å². The van der Waals surface area contributed by atoms with E-state index in [4.69, 9.17) is 27.6 Å².